The lowest BCUT2D eigenvalue weighted by Gasteiger charge is -2.26. The van der Waals surface area contributed by atoms with Crippen molar-refractivity contribution in [2.45, 2.75) is 30.9 Å². The molecule has 0 saturated carbocycles. The maximum absolute atomic E-state index is 12.9. The van der Waals surface area contributed by atoms with Crippen LogP contribution in [0.1, 0.15) is 39.6 Å². The van der Waals surface area contributed by atoms with Crippen LogP contribution < -0.4 is 10.1 Å². The number of benzene rings is 2. The number of hydrogen-bond acceptors (Lipinski definition) is 4. The highest BCUT2D eigenvalue weighted by Gasteiger charge is 2.22. The van der Waals surface area contributed by atoms with Crippen molar-refractivity contribution in [2.75, 3.05) is 5.75 Å². The molecule has 6 heteroatoms. The van der Waals surface area contributed by atoms with Gasteiger partial charge in [-0.15, -0.1) is 11.8 Å². The summed E-state index contributed by atoms with van der Waals surface area (Å²) in [6.45, 7) is 2.39. The lowest BCUT2D eigenvalue weighted by atomic mass is 10.0. The Hall–Kier alpha value is -3.25. The van der Waals surface area contributed by atoms with Crippen LogP contribution in [0.3, 0.4) is 0 Å². The number of rotatable bonds is 5. The maximum Gasteiger partial charge on any atom is 0.251 e. The van der Waals surface area contributed by atoms with Gasteiger partial charge < -0.3 is 14.5 Å². The second-order valence-electron chi connectivity index (χ2n) is 7.67. The molecule has 0 spiro atoms. The molecule has 4 aromatic rings. The Bertz CT molecular complexity index is 1250. The molecule has 5 rings (SSSR count). The number of fused-ring (bicyclic) bond motifs is 2. The fraction of sp³-hybridized carbons (Fsp3) is 0.200. The van der Waals surface area contributed by atoms with Crippen LogP contribution in [0.4, 0.5) is 0 Å². The SMILES string of the molecule is Cc1cccn2cc(COc3cccc(C(=O)N[C@@H]4CCSc5ccccc54)c3)nc12. The van der Waals surface area contributed by atoms with Gasteiger partial charge in [-0.1, -0.05) is 30.3 Å². The number of pyridine rings is 1. The van der Waals surface area contributed by atoms with Crippen LogP contribution in [0, 0.1) is 6.92 Å². The largest absolute Gasteiger partial charge is 0.487 e. The topological polar surface area (TPSA) is 55.6 Å². The molecule has 2 aromatic carbocycles. The Morgan fingerprint density at radius 3 is 3.00 bits per heavy atom. The molecule has 156 valence electrons. The molecule has 0 aliphatic carbocycles. The Labute approximate surface area is 185 Å². The number of aryl methyl sites for hydroxylation is 1. The highest BCUT2D eigenvalue weighted by molar-refractivity contribution is 7.99. The number of hydrogen-bond donors (Lipinski definition) is 1. The smallest absolute Gasteiger partial charge is 0.251 e. The van der Waals surface area contributed by atoms with Crippen molar-refractivity contribution in [3.05, 3.63) is 95.4 Å². The van der Waals surface area contributed by atoms with E-state index in [9.17, 15) is 4.79 Å². The van der Waals surface area contributed by atoms with Crippen LogP contribution in [0.5, 0.6) is 5.75 Å². The second kappa shape index (κ2) is 8.47. The van der Waals surface area contributed by atoms with Gasteiger partial charge in [-0.05, 0) is 54.8 Å². The molecule has 31 heavy (non-hydrogen) atoms. The molecule has 0 unspecified atom stereocenters. The molecule has 0 fully saturated rings. The average molecular weight is 430 g/mol. The van der Waals surface area contributed by atoms with Crippen molar-refractivity contribution in [3.8, 4) is 5.75 Å². The predicted octanol–water partition coefficient (Wildman–Crippen LogP) is 5.19. The van der Waals surface area contributed by atoms with E-state index in [4.69, 9.17) is 4.74 Å². The Morgan fingerprint density at radius 1 is 1.19 bits per heavy atom. The zero-order valence-electron chi connectivity index (χ0n) is 17.2. The van der Waals surface area contributed by atoms with Gasteiger partial charge in [-0.25, -0.2) is 4.98 Å². The Kier molecular flexibility index (Phi) is 5.38. The highest BCUT2D eigenvalue weighted by Crippen LogP contribution is 2.36. The number of aromatic nitrogens is 2. The molecule has 1 atom stereocenters. The van der Waals surface area contributed by atoms with Gasteiger partial charge in [0, 0.05) is 28.6 Å². The third-order valence-corrected chi connectivity index (χ3v) is 6.60. The van der Waals surface area contributed by atoms with Crippen LogP contribution in [-0.2, 0) is 6.61 Å². The van der Waals surface area contributed by atoms with Crippen molar-refractivity contribution in [2.24, 2.45) is 0 Å². The van der Waals surface area contributed by atoms with Gasteiger partial charge in [0.15, 0.2) is 0 Å². The van der Waals surface area contributed by atoms with E-state index in [2.05, 4.69) is 22.4 Å². The van der Waals surface area contributed by atoms with Crippen LogP contribution in [0.2, 0.25) is 0 Å². The molecular weight excluding hydrogens is 406 g/mol. The molecule has 1 aliphatic rings. The number of nitrogens with zero attached hydrogens (tertiary/aromatic N) is 2. The summed E-state index contributed by atoms with van der Waals surface area (Å²) in [5.41, 5.74) is 4.69. The predicted molar refractivity (Wildman–Crippen MR) is 123 cm³/mol. The van der Waals surface area contributed by atoms with E-state index >= 15 is 0 Å². The summed E-state index contributed by atoms with van der Waals surface area (Å²) in [7, 11) is 0. The lowest BCUT2D eigenvalue weighted by Crippen LogP contribution is -2.30. The van der Waals surface area contributed by atoms with Crippen molar-refractivity contribution in [3.63, 3.8) is 0 Å². The monoisotopic (exact) mass is 429 g/mol. The minimum Gasteiger partial charge on any atom is -0.487 e. The first-order valence-corrected chi connectivity index (χ1v) is 11.3. The zero-order valence-corrected chi connectivity index (χ0v) is 18.1. The minimum absolute atomic E-state index is 0.0377. The van der Waals surface area contributed by atoms with Crippen molar-refractivity contribution >= 4 is 23.3 Å². The number of carbonyl (C=O) groups is 1. The van der Waals surface area contributed by atoms with Gasteiger partial charge in [0.25, 0.3) is 5.91 Å². The van der Waals surface area contributed by atoms with E-state index in [1.54, 1.807) is 6.07 Å². The zero-order chi connectivity index (χ0) is 21.2. The quantitative estimate of drug-likeness (QED) is 0.474. The molecule has 0 radical (unpaired) electrons. The number of thioether (sulfide) groups is 1. The molecule has 0 saturated heterocycles. The second-order valence-corrected chi connectivity index (χ2v) is 8.81. The minimum atomic E-state index is -0.0829. The standard InChI is InChI=1S/C25H23N3O2S/c1-17-6-5-12-28-15-19(26-24(17)28)16-30-20-8-4-7-18(14-20)25(29)27-22-11-13-31-23-10-3-2-9-21(22)23/h2-10,12,14-15,22H,11,13,16H2,1H3,(H,27,29)/t22-/m1/s1. The van der Waals surface area contributed by atoms with E-state index in [1.165, 1.54) is 10.5 Å². The summed E-state index contributed by atoms with van der Waals surface area (Å²) in [5.74, 6) is 1.57. The fourth-order valence-corrected chi connectivity index (χ4v) is 5.02. The van der Waals surface area contributed by atoms with E-state index in [0.717, 1.165) is 29.1 Å². The van der Waals surface area contributed by atoms with Gasteiger partial charge in [-0.3, -0.25) is 4.79 Å². The van der Waals surface area contributed by atoms with E-state index in [1.807, 2.05) is 77.9 Å². The molecule has 1 aliphatic heterocycles. The van der Waals surface area contributed by atoms with Crippen LogP contribution in [0.15, 0.2) is 78.0 Å². The van der Waals surface area contributed by atoms with Crippen LogP contribution in [0.25, 0.3) is 5.65 Å². The summed E-state index contributed by atoms with van der Waals surface area (Å²) >= 11 is 1.85. The summed E-state index contributed by atoms with van der Waals surface area (Å²) < 4.78 is 7.94. The summed E-state index contributed by atoms with van der Waals surface area (Å²) in [5, 5.41) is 3.19. The van der Waals surface area contributed by atoms with E-state index < -0.39 is 0 Å². The molecule has 3 heterocycles. The molecular formula is C25H23N3O2S. The van der Waals surface area contributed by atoms with E-state index in [-0.39, 0.29) is 11.9 Å². The van der Waals surface area contributed by atoms with Crippen molar-refractivity contribution in [1.82, 2.24) is 14.7 Å². The van der Waals surface area contributed by atoms with Crippen molar-refractivity contribution in [1.29, 1.82) is 0 Å². The third-order valence-electron chi connectivity index (χ3n) is 5.47. The van der Waals surface area contributed by atoms with Gasteiger partial charge in [0.1, 0.15) is 18.0 Å². The lowest BCUT2D eigenvalue weighted by molar-refractivity contribution is 0.0934. The van der Waals surface area contributed by atoms with Crippen molar-refractivity contribution < 1.29 is 9.53 Å². The number of ether oxygens (including phenoxy) is 1. The Balaban J connectivity index is 1.27. The van der Waals surface area contributed by atoms with Gasteiger partial charge in [0.2, 0.25) is 0 Å². The molecule has 1 amide bonds. The highest BCUT2D eigenvalue weighted by atomic mass is 32.2. The molecule has 5 nitrogen and oxygen atoms in total. The Morgan fingerprint density at radius 2 is 2.10 bits per heavy atom. The van der Waals surface area contributed by atoms with Gasteiger partial charge in [-0.2, -0.15) is 0 Å². The molecule has 0 bridgehead atoms. The third kappa shape index (κ3) is 4.16. The molecule has 1 N–H and O–H groups in total. The number of amides is 1. The number of imidazole rings is 1. The number of carbonyl (C=O) groups excluding carboxylic acids is 1. The van der Waals surface area contributed by atoms with Crippen LogP contribution >= 0.6 is 11.8 Å². The van der Waals surface area contributed by atoms with Gasteiger partial charge >= 0.3 is 0 Å². The summed E-state index contributed by atoms with van der Waals surface area (Å²) in [6.07, 6.45) is 4.88. The molecule has 2 aromatic heterocycles. The van der Waals surface area contributed by atoms with Gasteiger partial charge in [0.05, 0.1) is 11.7 Å². The number of nitrogens with one attached hydrogen (secondary N) is 1. The van der Waals surface area contributed by atoms with Crippen LogP contribution in [-0.4, -0.2) is 21.0 Å². The van der Waals surface area contributed by atoms with E-state index in [0.29, 0.717) is 17.9 Å². The first kappa shape index (κ1) is 19.7. The first-order valence-electron chi connectivity index (χ1n) is 10.4. The summed E-state index contributed by atoms with van der Waals surface area (Å²) in [4.78, 5) is 18.8. The normalized spacial score (nSPS) is 15.5. The fourth-order valence-electron chi connectivity index (χ4n) is 3.89. The first-order chi connectivity index (χ1) is 15.2. The maximum atomic E-state index is 12.9. The average Bonchev–Trinajstić information content (AvgIpc) is 3.23. The summed E-state index contributed by atoms with van der Waals surface area (Å²) in [6, 6.07) is 19.7.